The monoisotopic (exact) mass is 195 g/mol. The van der Waals surface area contributed by atoms with E-state index in [2.05, 4.69) is 5.32 Å². The summed E-state index contributed by atoms with van der Waals surface area (Å²) in [6.45, 7) is 0.143. The fraction of sp³-hybridized carbons (Fsp3) is 0.300. The van der Waals surface area contributed by atoms with Crippen molar-refractivity contribution in [2.75, 3.05) is 19.0 Å². The first kappa shape index (κ1) is 10.5. The molecule has 0 aliphatic rings. The Labute approximate surface area is 82.5 Å². The molecule has 0 aliphatic carbocycles. The molecule has 0 fully saturated rings. The summed E-state index contributed by atoms with van der Waals surface area (Å²) < 4.78 is 4.79. The second-order valence-electron chi connectivity index (χ2n) is 2.86. The maximum absolute atomic E-state index is 10.8. The lowest BCUT2D eigenvalue weighted by Gasteiger charge is -2.14. The summed E-state index contributed by atoms with van der Waals surface area (Å²) >= 11 is 0. The van der Waals surface area contributed by atoms with Gasteiger partial charge in [-0.05, 0) is 12.1 Å². The normalized spacial score (nSPS) is 12.1. The summed E-state index contributed by atoms with van der Waals surface area (Å²) in [4.78, 5) is 10.8. The van der Waals surface area contributed by atoms with E-state index in [1.54, 1.807) is 0 Å². The Morgan fingerprint density at radius 2 is 2.14 bits per heavy atom. The molecule has 0 radical (unpaired) electrons. The Kier molecular flexibility index (Phi) is 3.94. The molecule has 4 heteroatoms. The molecule has 76 valence electrons. The highest BCUT2D eigenvalue weighted by atomic mass is 16.5. The number of carbonyl (C=O) groups is 1. The summed E-state index contributed by atoms with van der Waals surface area (Å²) in [5.74, 6) is -0.921. The maximum Gasteiger partial charge on any atom is 0.328 e. The van der Waals surface area contributed by atoms with Gasteiger partial charge in [0.15, 0.2) is 0 Å². The van der Waals surface area contributed by atoms with E-state index in [1.165, 1.54) is 7.11 Å². The van der Waals surface area contributed by atoms with Crippen molar-refractivity contribution in [1.82, 2.24) is 0 Å². The van der Waals surface area contributed by atoms with Crippen molar-refractivity contribution in [3.8, 4) is 0 Å². The largest absolute Gasteiger partial charge is 0.480 e. The highest BCUT2D eigenvalue weighted by Gasteiger charge is 2.16. The maximum atomic E-state index is 10.8. The van der Waals surface area contributed by atoms with Gasteiger partial charge >= 0.3 is 5.97 Å². The number of hydrogen-bond acceptors (Lipinski definition) is 3. The minimum absolute atomic E-state index is 0.143. The Morgan fingerprint density at radius 3 is 2.64 bits per heavy atom. The van der Waals surface area contributed by atoms with E-state index in [1.807, 2.05) is 30.3 Å². The molecule has 1 atom stereocenters. The van der Waals surface area contributed by atoms with E-state index in [9.17, 15) is 4.79 Å². The van der Waals surface area contributed by atoms with Gasteiger partial charge in [0, 0.05) is 12.8 Å². The van der Waals surface area contributed by atoms with E-state index in [0.717, 1.165) is 5.69 Å². The number of nitrogens with one attached hydrogen (secondary N) is 1. The molecule has 4 nitrogen and oxygen atoms in total. The molecule has 0 bridgehead atoms. The third-order valence-electron chi connectivity index (χ3n) is 1.75. The predicted molar refractivity (Wildman–Crippen MR) is 53.4 cm³/mol. The van der Waals surface area contributed by atoms with Crippen molar-refractivity contribution in [2.45, 2.75) is 6.04 Å². The fourth-order valence-electron chi connectivity index (χ4n) is 1.08. The van der Waals surface area contributed by atoms with Gasteiger partial charge in [-0.15, -0.1) is 0 Å². The standard InChI is InChI=1S/C10H13NO3/c1-14-7-9(10(12)13)11-8-5-3-2-4-6-8/h2-6,9,11H,7H2,1H3,(H,12,13). The van der Waals surface area contributed by atoms with E-state index in [0.29, 0.717) is 0 Å². The van der Waals surface area contributed by atoms with Gasteiger partial charge in [0.25, 0.3) is 0 Å². The topological polar surface area (TPSA) is 58.6 Å². The van der Waals surface area contributed by atoms with Gasteiger partial charge in [0.1, 0.15) is 6.04 Å². The predicted octanol–water partition coefficient (Wildman–Crippen LogP) is 1.20. The lowest BCUT2D eigenvalue weighted by molar-refractivity contribution is -0.139. The van der Waals surface area contributed by atoms with Crippen molar-refractivity contribution >= 4 is 11.7 Å². The number of benzene rings is 1. The molecule has 0 aliphatic heterocycles. The molecule has 1 aromatic carbocycles. The zero-order valence-corrected chi connectivity index (χ0v) is 7.93. The second kappa shape index (κ2) is 5.24. The molecule has 1 unspecified atom stereocenters. The molecule has 0 heterocycles. The summed E-state index contributed by atoms with van der Waals surface area (Å²) in [6, 6.07) is 8.47. The van der Waals surface area contributed by atoms with Gasteiger partial charge in [0.05, 0.1) is 6.61 Å². The number of anilines is 1. The number of ether oxygens (including phenoxy) is 1. The van der Waals surface area contributed by atoms with Crippen LogP contribution in [0.15, 0.2) is 30.3 Å². The van der Waals surface area contributed by atoms with Crippen LogP contribution >= 0.6 is 0 Å². The number of hydrogen-bond donors (Lipinski definition) is 2. The summed E-state index contributed by atoms with van der Waals surface area (Å²) in [5.41, 5.74) is 0.775. The molecule has 0 spiro atoms. The molecule has 1 aromatic rings. The molecule has 14 heavy (non-hydrogen) atoms. The van der Waals surface area contributed by atoms with E-state index in [-0.39, 0.29) is 6.61 Å². The Bertz CT molecular complexity index is 287. The number of aliphatic carboxylic acids is 1. The van der Waals surface area contributed by atoms with Gasteiger partial charge in [-0.1, -0.05) is 18.2 Å². The van der Waals surface area contributed by atoms with Crippen LogP contribution < -0.4 is 5.32 Å². The van der Waals surface area contributed by atoms with E-state index in [4.69, 9.17) is 9.84 Å². The Morgan fingerprint density at radius 1 is 1.50 bits per heavy atom. The van der Waals surface area contributed by atoms with Crippen LogP contribution in [0.3, 0.4) is 0 Å². The molecular formula is C10H13NO3. The number of carboxylic acids is 1. The zero-order chi connectivity index (χ0) is 10.4. The van der Waals surface area contributed by atoms with Crippen LogP contribution in [-0.4, -0.2) is 30.8 Å². The molecule has 2 N–H and O–H groups in total. The van der Waals surface area contributed by atoms with Gasteiger partial charge < -0.3 is 15.2 Å². The number of carboxylic acid groups (broad SMARTS) is 1. The zero-order valence-electron chi connectivity index (χ0n) is 7.93. The lowest BCUT2D eigenvalue weighted by atomic mass is 10.2. The fourth-order valence-corrected chi connectivity index (χ4v) is 1.08. The first-order valence-electron chi connectivity index (χ1n) is 4.27. The smallest absolute Gasteiger partial charge is 0.328 e. The molecule has 0 saturated heterocycles. The average molecular weight is 195 g/mol. The quantitative estimate of drug-likeness (QED) is 0.741. The Balaban J connectivity index is 2.60. The molecule has 1 rings (SSSR count). The van der Waals surface area contributed by atoms with Crippen LogP contribution in [-0.2, 0) is 9.53 Å². The summed E-state index contributed by atoms with van der Waals surface area (Å²) in [5, 5.41) is 11.7. The van der Waals surface area contributed by atoms with Gasteiger partial charge in [-0.2, -0.15) is 0 Å². The lowest BCUT2D eigenvalue weighted by Crippen LogP contribution is -2.33. The summed E-state index contributed by atoms with van der Waals surface area (Å²) in [6.07, 6.45) is 0. The van der Waals surface area contributed by atoms with Gasteiger partial charge in [-0.25, -0.2) is 4.79 Å². The van der Waals surface area contributed by atoms with Crippen LogP contribution in [0.4, 0.5) is 5.69 Å². The van der Waals surface area contributed by atoms with Crippen molar-refractivity contribution in [3.05, 3.63) is 30.3 Å². The molecule has 0 amide bonds. The average Bonchev–Trinajstić information content (AvgIpc) is 2.18. The van der Waals surface area contributed by atoms with Crippen molar-refractivity contribution in [1.29, 1.82) is 0 Å². The highest BCUT2D eigenvalue weighted by molar-refractivity contribution is 5.77. The van der Waals surface area contributed by atoms with Crippen molar-refractivity contribution < 1.29 is 14.6 Å². The SMILES string of the molecule is COCC(Nc1ccccc1)C(=O)O. The summed E-state index contributed by atoms with van der Waals surface area (Å²) in [7, 11) is 1.47. The first-order valence-corrected chi connectivity index (χ1v) is 4.27. The third kappa shape index (κ3) is 3.06. The van der Waals surface area contributed by atoms with Gasteiger partial charge in [-0.3, -0.25) is 0 Å². The Hall–Kier alpha value is -1.55. The second-order valence-corrected chi connectivity index (χ2v) is 2.86. The van der Waals surface area contributed by atoms with E-state index >= 15 is 0 Å². The van der Waals surface area contributed by atoms with Crippen molar-refractivity contribution in [2.24, 2.45) is 0 Å². The number of rotatable bonds is 5. The highest BCUT2D eigenvalue weighted by Crippen LogP contribution is 2.07. The minimum atomic E-state index is -0.921. The van der Waals surface area contributed by atoms with Crippen LogP contribution in [0, 0.1) is 0 Å². The van der Waals surface area contributed by atoms with Crippen LogP contribution in [0.25, 0.3) is 0 Å². The molecule has 0 saturated carbocycles. The number of methoxy groups -OCH3 is 1. The third-order valence-corrected chi connectivity index (χ3v) is 1.75. The van der Waals surface area contributed by atoms with Crippen LogP contribution in [0.2, 0.25) is 0 Å². The van der Waals surface area contributed by atoms with Crippen LogP contribution in [0.5, 0.6) is 0 Å². The van der Waals surface area contributed by atoms with Crippen molar-refractivity contribution in [3.63, 3.8) is 0 Å². The minimum Gasteiger partial charge on any atom is -0.480 e. The van der Waals surface area contributed by atoms with Crippen LogP contribution in [0.1, 0.15) is 0 Å². The first-order chi connectivity index (χ1) is 6.74. The molecular weight excluding hydrogens is 182 g/mol. The molecule has 0 aromatic heterocycles. The van der Waals surface area contributed by atoms with E-state index < -0.39 is 12.0 Å². The van der Waals surface area contributed by atoms with Gasteiger partial charge in [0.2, 0.25) is 0 Å². The number of para-hydroxylation sites is 1.